The molecule has 3 rings (SSSR count). The van der Waals surface area contributed by atoms with Gasteiger partial charge in [0.15, 0.2) is 0 Å². The van der Waals surface area contributed by atoms with Crippen LogP contribution in [-0.2, 0) is 10.0 Å². The van der Waals surface area contributed by atoms with Crippen LogP contribution in [0.2, 0.25) is 10.0 Å². The third kappa shape index (κ3) is 5.20. The molecule has 6 nitrogen and oxygen atoms in total. The van der Waals surface area contributed by atoms with E-state index in [-0.39, 0.29) is 16.1 Å². The first kappa shape index (κ1) is 21.0. The van der Waals surface area contributed by atoms with Crippen LogP contribution in [-0.4, -0.2) is 21.4 Å². The summed E-state index contributed by atoms with van der Waals surface area (Å²) >= 11 is 12.0. The highest BCUT2D eigenvalue weighted by molar-refractivity contribution is 7.92. The van der Waals surface area contributed by atoms with E-state index < -0.39 is 15.9 Å². The Morgan fingerprint density at radius 3 is 2.38 bits per heavy atom. The van der Waals surface area contributed by atoms with Crippen LogP contribution < -0.4 is 14.8 Å². The molecular formula is C20H16Cl2N2O4S. The van der Waals surface area contributed by atoms with E-state index >= 15 is 0 Å². The SMILES string of the molecule is COc1ccc(S(=O)(=O)Nc2cccc(C(=O)Nc3cc(Cl)ccc3Cl)c2)cc1. The molecule has 0 spiro atoms. The van der Waals surface area contributed by atoms with Gasteiger partial charge in [-0.25, -0.2) is 8.42 Å². The van der Waals surface area contributed by atoms with E-state index in [1.165, 1.54) is 31.4 Å². The third-order valence-corrected chi connectivity index (χ3v) is 5.89. The molecule has 0 bridgehead atoms. The second-order valence-electron chi connectivity index (χ2n) is 5.94. The summed E-state index contributed by atoms with van der Waals surface area (Å²) in [6.45, 7) is 0. The third-order valence-electron chi connectivity index (χ3n) is 3.92. The van der Waals surface area contributed by atoms with E-state index in [1.807, 2.05) is 0 Å². The molecule has 0 saturated carbocycles. The molecular weight excluding hydrogens is 435 g/mol. The molecule has 0 aliphatic heterocycles. The van der Waals surface area contributed by atoms with Crippen molar-refractivity contribution in [2.45, 2.75) is 4.90 Å². The predicted octanol–water partition coefficient (Wildman–Crippen LogP) is 5.06. The number of carbonyl (C=O) groups excluding carboxylic acids is 1. The fraction of sp³-hybridized carbons (Fsp3) is 0.0500. The minimum atomic E-state index is -3.83. The van der Waals surface area contributed by atoms with Crippen LogP contribution in [0.4, 0.5) is 11.4 Å². The summed E-state index contributed by atoms with van der Waals surface area (Å²) < 4.78 is 32.6. The van der Waals surface area contributed by atoms with Crippen LogP contribution in [0.3, 0.4) is 0 Å². The number of amides is 1. The van der Waals surface area contributed by atoms with E-state index in [9.17, 15) is 13.2 Å². The lowest BCUT2D eigenvalue weighted by atomic mass is 10.2. The molecule has 1 amide bonds. The Hall–Kier alpha value is -2.74. The maximum atomic E-state index is 12.6. The number of carbonyl (C=O) groups is 1. The van der Waals surface area contributed by atoms with Crippen molar-refractivity contribution in [2.75, 3.05) is 17.1 Å². The smallest absolute Gasteiger partial charge is 0.261 e. The lowest BCUT2D eigenvalue weighted by Gasteiger charge is -2.11. The number of hydrogen-bond acceptors (Lipinski definition) is 4. The first-order chi connectivity index (χ1) is 13.8. The second-order valence-corrected chi connectivity index (χ2v) is 8.47. The molecule has 0 fully saturated rings. The normalized spacial score (nSPS) is 11.0. The molecule has 150 valence electrons. The summed E-state index contributed by atoms with van der Waals surface area (Å²) in [6, 6.07) is 16.8. The highest BCUT2D eigenvalue weighted by Gasteiger charge is 2.16. The van der Waals surface area contributed by atoms with Crippen molar-refractivity contribution in [1.82, 2.24) is 0 Å². The van der Waals surface area contributed by atoms with Crippen LogP contribution in [0.15, 0.2) is 71.6 Å². The van der Waals surface area contributed by atoms with Crippen LogP contribution in [0, 0.1) is 0 Å². The van der Waals surface area contributed by atoms with Gasteiger partial charge in [-0.05, 0) is 60.7 Å². The van der Waals surface area contributed by atoms with Gasteiger partial charge in [0, 0.05) is 16.3 Å². The molecule has 0 aliphatic carbocycles. The standard InChI is InChI=1S/C20H16Cl2N2O4S/c1-28-16-6-8-17(9-7-16)29(26,27)24-15-4-2-3-13(11-15)20(25)23-19-12-14(21)5-10-18(19)22/h2-12,24H,1H3,(H,23,25). The monoisotopic (exact) mass is 450 g/mol. The van der Waals surface area contributed by atoms with Crippen LogP contribution in [0.1, 0.15) is 10.4 Å². The highest BCUT2D eigenvalue weighted by atomic mass is 35.5. The molecule has 0 aliphatic rings. The number of nitrogens with one attached hydrogen (secondary N) is 2. The topological polar surface area (TPSA) is 84.5 Å². The van der Waals surface area contributed by atoms with Gasteiger partial charge >= 0.3 is 0 Å². The maximum Gasteiger partial charge on any atom is 0.261 e. The molecule has 0 unspecified atom stereocenters. The van der Waals surface area contributed by atoms with Crippen molar-refractivity contribution < 1.29 is 17.9 Å². The van der Waals surface area contributed by atoms with Gasteiger partial charge in [0.1, 0.15) is 5.75 Å². The van der Waals surface area contributed by atoms with Crippen molar-refractivity contribution in [3.05, 3.63) is 82.3 Å². The molecule has 0 atom stereocenters. The summed E-state index contributed by atoms with van der Waals surface area (Å²) in [7, 11) is -2.33. The van der Waals surface area contributed by atoms with E-state index in [2.05, 4.69) is 10.0 Å². The van der Waals surface area contributed by atoms with Gasteiger partial charge in [-0.15, -0.1) is 0 Å². The molecule has 3 aromatic rings. The Morgan fingerprint density at radius 2 is 1.69 bits per heavy atom. The zero-order valence-electron chi connectivity index (χ0n) is 15.1. The fourth-order valence-corrected chi connectivity index (χ4v) is 3.87. The lowest BCUT2D eigenvalue weighted by Crippen LogP contribution is -2.15. The minimum Gasteiger partial charge on any atom is -0.497 e. The van der Waals surface area contributed by atoms with E-state index in [1.54, 1.807) is 42.5 Å². The molecule has 29 heavy (non-hydrogen) atoms. The Balaban J connectivity index is 1.79. The molecule has 0 saturated heterocycles. The highest BCUT2D eigenvalue weighted by Crippen LogP contribution is 2.26. The van der Waals surface area contributed by atoms with Crippen molar-refractivity contribution in [3.63, 3.8) is 0 Å². The van der Waals surface area contributed by atoms with Crippen molar-refractivity contribution in [2.24, 2.45) is 0 Å². The van der Waals surface area contributed by atoms with Gasteiger partial charge < -0.3 is 10.1 Å². The van der Waals surface area contributed by atoms with Gasteiger partial charge in [-0.3, -0.25) is 9.52 Å². The van der Waals surface area contributed by atoms with Gasteiger partial charge in [0.2, 0.25) is 0 Å². The maximum absolute atomic E-state index is 12.6. The number of ether oxygens (including phenoxy) is 1. The molecule has 2 N–H and O–H groups in total. The average Bonchev–Trinajstić information content (AvgIpc) is 2.70. The van der Waals surface area contributed by atoms with Crippen LogP contribution >= 0.6 is 23.2 Å². The van der Waals surface area contributed by atoms with Gasteiger partial charge in [-0.2, -0.15) is 0 Å². The lowest BCUT2D eigenvalue weighted by molar-refractivity contribution is 0.102. The number of anilines is 2. The van der Waals surface area contributed by atoms with Crippen LogP contribution in [0.5, 0.6) is 5.75 Å². The van der Waals surface area contributed by atoms with E-state index in [4.69, 9.17) is 27.9 Å². The first-order valence-electron chi connectivity index (χ1n) is 8.32. The molecule has 0 heterocycles. The minimum absolute atomic E-state index is 0.0684. The van der Waals surface area contributed by atoms with Crippen molar-refractivity contribution in [1.29, 1.82) is 0 Å². The zero-order valence-corrected chi connectivity index (χ0v) is 17.5. The Kier molecular flexibility index (Phi) is 6.32. The van der Waals surface area contributed by atoms with Crippen LogP contribution in [0.25, 0.3) is 0 Å². The Labute approximate surface area is 178 Å². The second kappa shape index (κ2) is 8.73. The summed E-state index contributed by atoms with van der Waals surface area (Å²) in [5.74, 6) is 0.0851. The number of benzene rings is 3. The number of hydrogen-bond donors (Lipinski definition) is 2. The van der Waals surface area contributed by atoms with E-state index in [0.29, 0.717) is 21.5 Å². The molecule has 3 aromatic carbocycles. The first-order valence-corrected chi connectivity index (χ1v) is 10.6. The van der Waals surface area contributed by atoms with Crippen molar-refractivity contribution in [3.8, 4) is 5.75 Å². The molecule has 0 radical (unpaired) electrons. The number of methoxy groups -OCH3 is 1. The predicted molar refractivity (Wildman–Crippen MR) is 115 cm³/mol. The Morgan fingerprint density at radius 1 is 0.966 bits per heavy atom. The summed E-state index contributed by atoms with van der Waals surface area (Å²) in [5.41, 5.74) is 0.843. The molecule has 9 heteroatoms. The number of halogens is 2. The summed E-state index contributed by atoms with van der Waals surface area (Å²) in [6.07, 6.45) is 0. The van der Waals surface area contributed by atoms with E-state index in [0.717, 1.165) is 0 Å². The molecule has 0 aromatic heterocycles. The van der Waals surface area contributed by atoms with Gasteiger partial charge in [0.05, 0.1) is 22.7 Å². The largest absolute Gasteiger partial charge is 0.497 e. The van der Waals surface area contributed by atoms with Gasteiger partial charge in [-0.1, -0.05) is 29.3 Å². The number of rotatable bonds is 6. The zero-order chi connectivity index (χ0) is 21.0. The summed E-state index contributed by atoms with van der Waals surface area (Å²) in [4.78, 5) is 12.6. The fourth-order valence-electron chi connectivity index (χ4n) is 2.48. The number of sulfonamides is 1. The summed E-state index contributed by atoms with van der Waals surface area (Å²) in [5, 5.41) is 3.41. The van der Waals surface area contributed by atoms with Gasteiger partial charge in [0.25, 0.3) is 15.9 Å². The Bertz CT molecular complexity index is 1150. The van der Waals surface area contributed by atoms with Crippen molar-refractivity contribution >= 4 is 50.5 Å². The average molecular weight is 451 g/mol. The quantitative estimate of drug-likeness (QED) is 0.549.